The summed E-state index contributed by atoms with van der Waals surface area (Å²) in [6.07, 6.45) is 1.75. The van der Waals surface area contributed by atoms with Gasteiger partial charge in [0.25, 0.3) is 10.0 Å². The van der Waals surface area contributed by atoms with Crippen LogP contribution >= 0.6 is 28.1 Å². The topological polar surface area (TPSA) is 79.5 Å². The van der Waals surface area contributed by atoms with E-state index in [9.17, 15) is 8.42 Å². The highest BCUT2D eigenvalue weighted by atomic mass is 79.9. The molecule has 0 aliphatic heterocycles. The van der Waals surface area contributed by atoms with Crippen molar-refractivity contribution in [3.05, 3.63) is 76.3 Å². The zero-order chi connectivity index (χ0) is 24.0. The third-order valence-corrected chi connectivity index (χ3v) is 7.18. The highest BCUT2D eigenvalue weighted by Gasteiger charge is 2.18. The Hall–Kier alpha value is -2.62. The van der Waals surface area contributed by atoms with E-state index in [2.05, 4.69) is 57.3 Å². The van der Waals surface area contributed by atoms with E-state index in [1.54, 1.807) is 30.3 Å². The number of hydrogen-bond donors (Lipinski definition) is 3. The van der Waals surface area contributed by atoms with E-state index in [1.807, 2.05) is 6.07 Å². The monoisotopic (exact) mass is 547 g/mol. The molecule has 0 unspecified atom stereocenters. The van der Waals surface area contributed by atoms with Crippen molar-refractivity contribution >= 4 is 60.3 Å². The number of para-hydroxylation sites is 1. The Kier molecular flexibility index (Phi) is 8.34. The lowest BCUT2D eigenvalue weighted by Gasteiger charge is -2.18. The standard InChI is InChI=1S/C24H26BrN3O3S2/c1-4-16-7-6-8-17(5-2)23(16)27-24(32)26-21-14-13-20(15-22(21)31-3)33(29,30)28-19-11-9-18(25)10-12-19/h6-15,28H,4-5H2,1-3H3,(H2,26,27,32). The second-order valence-corrected chi connectivity index (χ2v) is 10.2. The van der Waals surface area contributed by atoms with Gasteiger partial charge in [0.15, 0.2) is 5.11 Å². The van der Waals surface area contributed by atoms with Gasteiger partial charge in [-0.15, -0.1) is 0 Å². The number of rotatable bonds is 8. The molecule has 3 aromatic rings. The zero-order valence-corrected chi connectivity index (χ0v) is 21.8. The number of halogens is 1. The number of ether oxygens (including phenoxy) is 1. The van der Waals surface area contributed by atoms with E-state index in [4.69, 9.17) is 17.0 Å². The van der Waals surface area contributed by atoms with Crippen LogP contribution in [0.25, 0.3) is 0 Å². The minimum Gasteiger partial charge on any atom is -0.495 e. The molecule has 0 spiro atoms. The molecule has 0 bridgehead atoms. The molecule has 0 aromatic heterocycles. The number of sulfonamides is 1. The van der Waals surface area contributed by atoms with Crippen LogP contribution in [0.1, 0.15) is 25.0 Å². The first kappa shape index (κ1) is 25.0. The van der Waals surface area contributed by atoms with E-state index < -0.39 is 10.0 Å². The Bertz CT molecular complexity index is 1220. The first-order valence-electron chi connectivity index (χ1n) is 10.4. The lowest BCUT2D eigenvalue weighted by atomic mass is 10.0. The van der Waals surface area contributed by atoms with Gasteiger partial charge in [-0.3, -0.25) is 4.72 Å². The van der Waals surface area contributed by atoms with Crippen LogP contribution in [0.5, 0.6) is 5.75 Å². The SMILES string of the molecule is CCc1cccc(CC)c1NC(=S)Nc1ccc(S(=O)(=O)Nc2ccc(Br)cc2)cc1OC. The molecule has 0 heterocycles. The summed E-state index contributed by atoms with van der Waals surface area (Å²) in [6.45, 7) is 4.20. The average molecular weight is 549 g/mol. The maximum Gasteiger partial charge on any atom is 0.262 e. The van der Waals surface area contributed by atoms with Crippen molar-refractivity contribution in [2.24, 2.45) is 0 Å². The molecule has 0 aliphatic rings. The average Bonchev–Trinajstić information content (AvgIpc) is 2.80. The van der Waals surface area contributed by atoms with Crippen LogP contribution in [0.15, 0.2) is 70.0 Å². The van der Waals surface area contributed by atoms with Crippen LogP contribution in [0.4, 0.5) is 17.1 Å². The Labute approximate surface area is 208 Å². The number of aryl methyl sites for hydroxylation is 2. The van der Waals surface area contributed by atoms with Gasteiger partial charge in [-0.25, -0.2) is 8.42 Å². The second-order valence-electron chi connectivity index (χ2n) is 7.21. The second kappa shape index (κ2) is 11.0. The van der Waals surface area contributed by atoms with Crippen LogP contribution < -0.4 is 20.1 Å². The molecule has 0 aliphatic carbocycles. The van der Waals surface area contributed by atoms with Crippen LogP contribution in [-0.2, 0) is 22.9 Å². The van der Waals surface area contributed by atoms with Crippen LogP contribution in [-0.4, -0.2) is 20.6 Å². The number of hydrogen-bond acceptors (Lipinski definition) is 4. The maximum atomic E-state index is 12.8. The summed E-state index contributed by atoms with van der Waals surface area (Å²) in [5.41, 5.74) is 4.37. The quantitative estimate of drug-likeness (QED) is 0.291. The summed E-state index contributed by atoms with van der Waals surface area (Å²) >= 11 is 8.87. The van der Waals surface area contributed by atoms with Crippen LogP contribution in [0.3, 0.4) is 0 Å². The highest BCUT2D eigenvalue weighted by Crippen LogP contribution is 2.30. The fourth-order valence-corrected chi connectivity index (χ4v) is 4.89. The van der Waals surface area contributed by atoms with Gasteiger partial charge in [-0.05, 0) is 72.6 Å². The van der Waals surface area contributed by atoms with Crippen molar-refractivity contribution in [3.63, 3.8) is 0 Å². The molecule has 3 aromatic carbocycles. The lowest BCUT2D eigenvalue weighted by Crippen LogP contribution is -2.21. The molecule has 0 fully saturated rings. The number of anilines is 3. The van der Waals surface area contributed by atoms with Gasteiger partial charge < -0.3 is 15.4 Å². The largest absolute Gasteiger partial charge is 0.495 e. The summed E-state index contributed by atoms with van der Waals surface area (Å²) in [5, 5.41) is 6.81. The predicted octanol–water partition coefficient (Wildman–Crippen LogP) is 6.19. The molecular weight excluding hydrogens is 522 g/mol. The Morgan fingerprint density at radius 1 is 0.970 bits per heavy atom. The molecule has 0 saturated carbocycles. The van der Waals surface area contributed by atoms with Crippen molar-refractivity contribution in [2.75, 3.05) is 22.5 Å². The summed E-state index contributed by atoms with van der Waals surface area (Å²) in [4.78, 5) is 0.0799. The number of benzene rings is 3. The number of nitrogens with one attached hydrogen (secondary N) is 3. The molecule has 3 rings (SSSR count). The zero-order valence-electron chi connectivity index (χ0n) is 18.6. The van der Waals surface area contributed by atoms with Gasteiger partial charge >= 0.3 is 0 Å². The van der Waals surface area contributed by atoms with Crippen molar-refractivity contribution in [2.45, 2.75) is 31.6 Å². The molecule has 6 nitrogen and oxygen atoms in total. The van der Waals surface area contributed by atoms with E-state index >= 15 is 0 Å². The first-order valence-corrected chi connectivity index (χ1v) is 13.1. The van der Waals surface area contributed by atoms with Crippen molar-refractivity contribution in [3.8, 4) is 5.75 Å². The summed E-state index contributed by atoms with van der Waals surface area (Å²) < 4.78 is 34.5. The molecule has 0 radical (unpaired) electrons. The molecule has 9 heteroatoms. The molecule has 33 heavy (non-hydrogen) atoms. The molecule has 0 saturated heterocycles. The van der Waals surface area contributed by atoms with E-state index in [0.29, 0.717) is 22.2 Å². The Balaban J connectivity index is 1.80. The predicted molar refractivity (Wildman–Crippen MR) is 143 cm³/mol. The summed E-state index contributed by atoms with van der Waals surface area (Å²) in [6, 6.07) is 17.7. The highest BCUT2D eigenvalue weighted by molar-refractivity contribution is 9.10. The molecule has 174 valence electrons. The van der Waals surface area contributed by atoms with Crippen molar-refractivity contribution < 1.29 is 13.2 Å². The van der Waals surface area contributed by atoms with Gasteiger partial charge in [0.05, 0.1) is 17.7 Å². The number of methoxy groups -OCH3 is 1. The maximum absolute atomic E-state index is 12.8. The Morgan fingerprint density at radius 2 is 1.61 bits per heavy atom. The van der Waals surface area contributed by atoms with E-state index in [-0.39, 0.29) is 4.90 Å². The number of thiocarbonyl (C=S) groups is 1. The molecular formula is C24H26BrN3O3S2. The minimum absolute atomic E-state index is 0.0799. The lowest BCUT2D eigenvalue weighted by molar-refractivity contribution is 0.415. The van der Waals surface area contributed by atoms with E-state index in [0.717, 1.165) is 23.0 Å². The van der Waals surface area contributed by atoms with Gasteiger partial charge in [0, 0.05) is 21.9 Å². The Morgan fingerprint density at radius 3 is 2.18 bits per heavy atom. The smallest absolute Gasteiger partial charge is 0.262 e. The molecule has 3 N–H and O–H groups in total. The van der Waals surface area contributed by atoms with Gasteiger partial charge in [0.1, 0.15) is 5.75 Å². The van der Waals surface area contributed by atoms with Crippen molar-refractivity contribution in [1.82, 2.24) is 0 Å². The van der Waals surface area contributed by atoms with E-state index in [1.165, 1.54) is 30.4 Å². The van der Waals surface area contributed by atoms with Gasteiger partial charge in [-0.1, -0.05) is 48.0 Å². The third kappa shape index (κ3) is 6.25. The van der Waals surface area contributed by atoms with Gasteiger partial charge in [-0.2, -0.15) is 0 Å². The van der Waals surface area contributed by atoms with Crippen LogP contribution in [0, 0.1) is 0 Å². The summed E-state index contributed by atoms with van der Waals surface area (Å²) in [5.74, 6) is 0.359. The van der Waals surface area contributed by atoms with Gasteiger partial charge in [0.2, 0.25) is 0 Å². The normalized spacial score (nSPS) is 11.0. The third-order valence-electron chi connectivity index (χ3n) is 5.07. The fraction of sp³-hybridized carbons (Fsp3) is 0.208. The first-order chi connectivity index (χ1) is 15.8. The van der Waals surface area contributed by atoms with Crippen LogP contribution in [0.2, 0.25) is 0 Å². The minimum atomic E-state index is -3.79. The molecule has 0 atom stereocenters. The fourth-order valence-electron chi connectivity index (χ4n) is 3.34. The molecule has 0 amide bonds. The van der Waals surface area contributed by atoms with Crippen molar-refractivity contribution in [1.29, 1.82) is 0 Å². The summed E-state index contributed by atoms with van der Waals surface area (Å²) in [7, 11) is -2.31.